The quantitative estimate of drug-likeness (QED) is 0.729. The third-order valence-electron chi connectivity index (χ3n) is 2.23. The van der Waals surface area contributed by atoms with Gasteiger partial charge < -0.3 is 4.74 Å². The van der Waals surface area contributed by atoms with Crippen molar-refractivity contribution in [2.75, 3.05) is 7.11 Å². The number of fused-ring (bicyclic) bond motifs is 1. The maximum atomic E-state index is 6.23. The molecule has 16 heavy (non-hydrogen) atoms. The molecule has 0 atom stereocenters. The highest BCUT2D eigenvalue weighted by Crippen LogP contribution is 2.41. The predicted octanol–water partition coefficient (Wildman–Crippen LogP) is 4.73. The highest BCUT2D eigenvalue weighted by atomic mass is 79.9. The molecule has 1 aromatic carbocycles. The summed E-state index contributed by atoms with van der Waals surface area (Å²) < 4.78 is 7.08. The van der Waals surface area contributed by atoms with E-state index in [1.807, 2.05) is 19.1 Å². The Labute approximate surface area is 115 Å². The maximum Gasteiger partial charge on any atom is 0.144 e. The molecule has 5 heteroatoms. The van der Waals surface area contributed by atoms with E-state index < -0.39 is 0 Å². The van der Waals surface area contributed by atoms with Crippen LogP contribution in [0.15, 0.2) is 21.1 Å². The lowest BCUT2D eigenvalue weighted by atomic mass is 10.2. The number of pyridine rings is 1. The van der Waals surface area contributed by atoms with Gasteiger partial charge in [-0.25, -0.2) is 0 Å². The van der Waals surface area contributed by atoms with Crippen molar-refractivity contribution in [2.45, 2.75) is 6.92 Å². The summed E-state index contributed by atoms with van der Waals surface area (Å²) in [4.78, 5) is 4.45. The second-order valence-corrected chi connectivity index (χ2v) is 5.46. The fourth-order valence-electron chi connectivity index (χ4n) is 1.59. The minimum atomic E-state index is 0.640. The zero-order valence-corrected chi connectivity index (χ0v) is 12.6. The molecular formula is C11H8Br2ClNO. The first-order valence-electron chi connectivity index (χ1n) is 4.53. The van der Waals surface area contributed by atoms with Crippen LogP contribution in [0.1, 0.15) is 5.69 Å². The summed E-state index contributed by atoms with van der Waals surface area (Å²) in [5.74, 6) is 0.704. The Bertz CT molecular complexity index is 572. The monoisotopic (exact) mass is 363 g/mol. The third kappa shape index (κ3) is 1.94. The number of nitrogens with zero attached hydrogens (tertiary/aromatic N) is 1. The molecule has 0 saturated carbocycles. The second kappa shape index (κ2) is 4.51. The Morgan fingerprint density at radius 2 is 1.94 bits per heavy atom. The molecule has 1 aromatic heterocycles. The van der Waals surface area contributed by atoms with E-state index in [1.165, 1.54) is 0 Å². The molecule has 0 spiro atoms. The van der Waals surface area contributed by atoms with Gasteiger partial charge in [-0.05, 0) is 50.9 Å². The summed E-state index contributed by atoms with van der Waals surface area (Å²) in [6.07, 6.45) is 0. The van der Waals surface area contributed by atoms with Crippen molar-refractivity contribution >= 4 is 54.4 Å². The van der Waals surface area contributed by atoms with Gasteiger partial charge in [-0.2, -0.15) is 0 Å². The first-order chi connectivity index (χ1) is 7.54. The fraction of sp³-hybridized carbons (Fsp3) is 0.182. The average molecular weight is 365 g/mol. The highest BCUT2D eigenvalue weighted by Gasteiger charge is 2.14. The van der Waals surface area contributed by atoms with Crippen LogP contribution >= 0.6 is 43.5 Å². The Balaban J connectivity index is 2.99. The Morgan fingerprint density at radius 3 is 2.56 bits per heavy atom. The van der Waals surface area contributed by atoms with Crippen molar-refractivity contribution in [3.63, 3.8) is 0 Å². The average Bonchev–Trinajstić information content (AvgIpc) is 2.20. The molecule has 0 aliphatic rings. The van der Waals surface area contributed by atoms with Crippen LogP contribution in [-0.2, 0) is 0 Å². The van der Waals surface area contributed by atoms with Crippen molar-refractivity contribution in [1.29, 1.82) is 0 Å². The SMILES string of the molecule is COc1c(Br)cc(Br)c2nc(C)cc(Cl)c12. The molecule has 1 heterocycles. The lowest BCUT2D eigenvalue weighted by Crippen LogP contribution is -1.92. The van der Waals surface area contributed by atoms with Gasteiger partial charge in [0.2, 0.25) is 0 Å². The van der Waals surface area contributed by atoms with Crippen LogP contribution in [0, 0.1) is 6.92 Å². The van der Waals surface area contributed by atoms with E-state index in [0.29, 0.717) is 10.8 Å². The van der Waals surface area contributed by atoms with Crippen LogP contribution in [0.5, 0.6) is 5.75 Å². The number of halogens is 3. The molecule has 0 aliphatic carbocycles. The molecule has 0 N–H and O–H groups in total. The fourth-order valence-corrected chi connectivity index (χ4v) is 3.33. The molecule has 2 aromatic rings. The summed E-state index contributed by atoms with van der Waals surface area (Å²) in [5.41, 5.74) is 1.69. The van der Waals surface area contributed by atoms with E-state index in [9.17, 15) is 0 Å². The summed E-state index contributed by atoms with van der Waals surface area (Å²) in [6, 6.07) is 3.73. The molecule has 0 fully saturated rings. The zero-order valence-electron chi connectivity index (χ0n) is 8.64. The van der Waals surface area contributed by atoms with E-state index >= 15 is 0 Å². The summed E-state index contributed by atoms with van der Waals surface area (Å²) >= 11 is 13.1. The van der Waals surface area contributed by atoms with Gasteiger partial charge >= 0.3 is 0 Å². The van der Waals surface area contributed by atoms with Crippen molar-refractivity contribution in [1.82, 2.24) is 4.98 Å². The van der Waals surface area contributed by atoms with E-state index in [4.69, 9.17) is 16.3 Å². The Morgan fingerprint density at radius 1 is 1.25 bits per heavy atom. The minimum absolute atomic E-state index is 0.640. The number of methoxy groups -OCH3 is 1. The minimum Gasteiger partial charge on any atom is -0.495 e. The maximum absolute atomic E-state index is 6.23. The normalized spacial score (nSPS) is 10.8. The third-order valence-corrected chi connectivity index (χ3v) is 3.72. The van der Waals surface area contributed by atoms with Crippen LogP contribution < -0.4 is 4.74 Å². The van der Waals surface area contributed by atoms with Crippen LogP contribution in [0.4, 0.5) is 0 Å². The van der Waals surface area contributed by atoms with Gasteiger partial charge in [0.15, 0.2) is 0 Å². The van der Waals surface area contributed by atoms with Crippen molar-refractivity contribution < 1.29 is 4.74 Å². The first-order valence-corrected chi connectivity index (χ1v) is 6.50. The van der Waals surface area contributed by atoms with Crippen LogP contribution in [-0.4, -0.2) is 12.1 Å². The van der Waals surface area contributed by atoms with Gasteiger partial charge in [-0.1, -0.05) is 11.6 Å². The Hall–Kier alpha value is -0.320. The van der Waals surface area contributed by atoms with Gasteiger partial charge in [-0.3, -0.25) is 4.98 Å². The number of aryl methyl sites for hydroxylation is 1. The number of benzene rings is 1. The lowest BCUT2D eigenvalue weighted by molar-refractivity contribution is 0.417. The largest absolute Gasteiger partial charge is 0.495 e. The summed E-state index contributed by atoms with van der Waals surface area (Å²) in [6.45, 7) is 1.91. The first kappa shape index (κ1) is 12.1. The van der Waals surface area contributed by atoms with E-state index in [0.717, 1.165) is 25.5 Å². The summed E-state index contributed by atoms with van der Waals surface area (Å²) in [7, 11) is 1.61. The molecular weight excluding hydrogens is 357 g/mol. The van der Waals surface area contributed by atoms with E-state index in [-0.39, 0.29) is 0 Å². The smallest absolute Gasteiger partial charge is 0.144 e. The molecule has 0 amide bonds. The standard InChI is InChI=1S/C11H8Br2ClNO/c1-5-3-8(14)9-10(15-5)6(12)4-7(13)11(9)16-2/h3-4H,1-2H3. The van der Waals surface area contributed by atoms with E-state index in [1.54, 1.807) is 7.11 Å². The lowest BCUT2D eigenvalue weighted by Gasteiger charge is -2.11. The highest BCUT2D eigenvalue weighted by molar-refractivity contribution is 9.11. The molecule has 84 valence electrons. The van der Waals surface area contributed by atoms with Gasteiger partial charge in [-0.15, -0.1) is 0 Å². The second-order valence-electron chi connectivity index (χ2n) is 3.34. The number of hydrogen-bond donors (Lipinski definition) is 0. The van der Waals surface area contributed by atoms with Gasteiger partial charge in [0, 0.05) is 10.2 Å². The Kier molecular flexibility index (Phi) is 3.42. The topological polar surface area (TPSA) is 22.1 Å². The molecule has 0 aliphatic heterocycles. The van der Waals surface area contributed by atoms with Crippen molar-refractivity contribution in [3.05, 3.63) is 31.8 Å². The zero-order chi connectivity index (χ0) is 11.9. The van der Waals surface area contributed by atoms with E-state index in [2.05, 4.69) is 36.8 Å². The number of ether oxygens (including phenoxy) is 1. The molecule has 0 saturated heterocycles. The van der Waals surface area contributed by atoms with Gasteiger partial charge in [0.05, 0.1) is 27.5 Å². The van der Waals surface area contributed by atoms with Crippen molar-refractivity contribution in [3.8, 4) is 5.75 Å². The molecule has 2 rings (SSSR count). The number of hydrogen-bond acceptors (Lipinski definition) is 2. The van der Waals surface area contributed by atoms with Gasteiger partial charge in [0.1, 0.15) is 5.75 Å². The number of rotatable bonds is 1. The molecule has 0 unspecified atom stereocenters. The molecule has 0 radical (unpaired) electrons. The van der Waals surface area contributed by atoms with Crippen molar-refractivity contribution in [2.24, 2.45) is 0 Å². The predicted molar refractivity (Wildman–Crippen MR) is 73.4 cm³/mol. The summed E-state index contributed by atoms with van der Waals surface area (Å²) in [5, 5.41) is 1.46. The van der Waals surface area contributed by atoms with Crippen LogP contribution in [0.25, 0.3) is 10.9 Å². The van der Waals surface area contributed by atoms with Crippen LogP contribution in [0.3, 0.4) is 0 Å². The molecule has 2 nitrogen and oxygen atoms in total. The van der Waals surface area contributed by atoms with Gasteiger partial charge in [0.25, 0.3) is 0 Å². The van der Waals surface area contributed by atoms with Crippen LogP contribution in [0.2, 0.25) is 5.02 Å². The molecule has 0 bridgehead atoms. The number of aromatic nitrogens is 1.